The lowest BCUT2D eigenvalue weighted by atomic mass is 10.1. The number of hydrogen-bond donors (Lipinski definition) is 0. The number of rotatable bonds is 17. The molecule has 0 aromatic carbocycles. The first-order valence-electron chi connectivity index (χ1n) is 10.1. The van der Waals surface area contributed by atoms with Gasteiger partial charge in [-0.05, 0) is 19.5 Å². The molecule has 0 radical (unpaired) electrons. The molecule has 0 aromatic heterocycles. The average Bonchev–Trinajstić information content (AvgIpc) is 2.56. The summed E-state index contributed by atoms with van der Waals surface area (Å²) >= 11 is 0. The van der Waals surface area contributed by atoms with E-state index in [1.807, 2.05) is 0 Å². The molecule has 138 valence electrons. The zero-order valence-corrected chi connectivity index (χ0v) is 16.1. The maximum absolute atomic E-state index is 11.6. The van der Waals surface area contributed by atoms with Crippen LogP contribution in [0.5, 0.6) is 0 Å². The summed E-state index contributed by atoms with van der Waals surface area (Å²) in [4.78, 5) is 13.7. The SMILES string of the molecule is CCCCCCCCCCCCCCOC(=O)CN(CC)CC. The van der Waals surface area contributed by atoms with Crippen molar-refractivity contribution in [3.8, 4) is 0 Å². The van der Waals surface area contributed by atoms with Gasteiger partial charge in [-0.2, -0.15) is 0 Å². The zero-order valence-electron chi connectivity index (χ0n) is 16.1. The Morgan fingerprint density at radius 2 is 1.13 bits per heavy atom. The van der Waals surface area contributed by atoms with Gasteiger partial charge in [0, 0.05) is 0 Å². The van der Waals surface area contributed by atoms with Gasteiger partial charge >= 0.3 is 5.97 Å². The molecule has 0 aliphatic carbocycles. The van der Waals surface area contributed by atoms with Crippen molar-refractivity contribution < 1.29 is 9.53 Å². The second kappa shape index (κ2) is 17.8. The number of likely N-dealkylation sites (N-methyl/N-ethyl adjacent to an activating group) is 1. The molecule has 0 saturated heterocycles. The summed E-state index contributed by atoms with van der Waals surface area (Å²) in [7, 11) is 0. The van der Waals surface area contributed by atoms with Gasteiger partial charge in [0.05, 0.1) is 13.2 Å². The third-order valence-corrected chi connectivity index (χ3v) is 4.51. The van der Waals surface area contributed by atoms with Crippen molar-refractivity contribution in [1.82, 2.24) is 4.90 Å². The van der Waals surface area contributed by atoms with Crippen molar-refractivity contribution in [2.45, 2.75) is 97.8 Å². The van der Waals surface area contributed by atoms with Crippen molar-refractivity contribution >= 4 is 5.97 Å². The van der Waals surface area contributed by atoms with Crippen LogP contribution < -0.4 is 0 Å². The highest BCUT2D eigenvalue weighted by Crippen LogP contribution is 2.11. The van der Waals surface area contributed by atoms with E-state index >= 15 is 0 Å². The van der Waals surface area contributed by atoms with Crippen molar-refractivity contribution in [2.24, 2.45) is 0 Å². The topological polar surface area (TPSA) is 29.5 Å². The standard InChI is InChI=1S/C20H41NO2/c1-4-7-8-9-10-11-12-13-14-15-16-17-18-23-20(22)19-21(5-2)6-3/h4-19H2,1-3H3. The van der Waals surface area contributed by atoms with Crippen LogP contribution in [0.2, 0.25) is 0 Å². The number of unbranched alkanes of at least 4 members (excludes halogenated alkanes) is 11. The number of esters is 1. The number of carbonyl (C=O) groups is 1. The fourth-order valence-corrected chi connectivity index (χ4v) is 2.80. The first-order chi connectivity index (χ1) is 11.2. The summed E-state index contributed by atoms with van der Waals surface area (Å²) < 4.78 is 5.29. The largest absolute Gasteiger partial charge is 0.465 e. The third-order valence-electron chi connectivity index (χ3n) is 4.51. The van der Waals surface area contributed by atoms with Gasteiger partial charge in [0.2, 0.25) is 0 Å². The van der Waals surface area contributed by atoms with Gasteiger partial charge in [0.15, 0.2) is 0 Å². The summed E-state index contributed by atoms with van der Waals surface area (Å²) in [6, 6.07) is 0. The van der Waals surface area contributed by atoms with E-state index in [4.69, 9.17) is 4.74 Å². The first kappa shape index (κ1) is 22.4. The minimum absolute atomic E-state index is 0.0724. The van der Waals surface area contributed by atoms with Gasteiger partial charge in [0.1, 0.15) is 0 Å². The van der Waals surface area contributed by atoms with Crippen molar-refractivity contribution in [1.29, 1.82) is 0 Å². The molecule has 0 amide bonds. The molecule has 0 unspecified atom stereocenters. The third kappa shape index (κ3) is 16.1. The van der Waals surface area contributed by atoms with Gasteiger partial charge < -0.3 is 4.74 Å². The van der Waals surface area contributed by atoms with E-state index < -0.39 is 0 Å². The maximum atomic E-state index is 11.6. The van der Waals surface area contributed by atoms with Gasteiger partial charge in [0.25, 0.3) is 0 Å². The zero-order chi connectivity index (χ0) is 17.2. The second-order valence-electron chi connectivity index (χ2n) is 6.57. The summed E-state index contributed by atoms with van der Waals surface area (Å²) in [6.07, 6.45) is 16.0. The monoisotopic (exact) mass is 327 g/mol. The predicted molar refractivity (Wildman–Crippen MR) is 99.8 cm³/mol. The quantitative estimate of drug-likeness (QED) is 0.258. The normalized spacial score (nSPS) is 11.1. The molecule has 0 atom stereocenters. The summed E-state index contributed by atoms with van der Waals surface area (Å²) in [6.45, 7) is 9.26. The average molecular weight is 328 g/mol. The van der Waals surface area contributed by atoms with Gasteiger partial charge in [-0.1, -0.05) is 91.4 Å². The maximum Gasteiger partial charge on any atom is 0.320 e. The fraction of sp³-hybridized carbons (Fsp3) is 0.950. The Morgan fingerprint density at radius 3 is 1.57 bits per heavy atom. The van der Waals surface area contributed by atoms with E-state index in [1.54, 1.807) is 0 Å². The van der Waals surface area contributed by atoms with Crippen LogP contribution in [0.3, 0.4) is 0 Å². The molecule has 0 saturated carbocycles. The number of carbonyl (C=O) groups excluding carboxylic acids is 1. The molecule has 23 heavy (non-hydrogen) atoms. The van der Waals surface area contributed by atoms with E-state index in [-0.39, 0.29) is 5.97 Å². The molecule has 0 rings (SSSR count). The van der Waals surface area contributed by atoms with Crippen molar-refractivity contribution in [3.63, 3.8) is 0 Å². The fourth-order valence-electron chi connectivity index (χ4n) is 2.80. The Balaban J connectivity index is 3.20. The Morgan fingerprint density at radius 1 is 0.696 bits per heavy atom. The van der Waals surface area contributed by atoms with E-state index in [2.05, 4.69) is 25.7 Å². The lowest BCUT2D eigenvalue weighted by molar-refractivity contribution is -0.145. The molecule has 0 aromatic rings. The highest BCUT2D eigenvalue weighted by atomic mass is 16.5. The molecule has 0 bridgehead atoms. The van der Waals surface area contributed by atoms with Gasteiger partial charge in [-0.25, -0.2) is 0 Å². The minimum atomic E-state index is -0.0724. The second-order valence-corrected chi connectivity index (χ2v) is 6.57. The molecule has 0 N–H and O–H groups in total. The predicted octanol–water partition coefficient (Wildman–Crippen LogP) is 5.57. The molecule has 0 spiro atoms. The van der Waals surface area contributed by atoms with Gasteiger partial charge in [-0.3, -0.25) is 9.69 Å². The Bertz CT molecular complexity index is 252. The van der Waals surface area contributed by atoms with E-state index in [0.29, 0.717) is 13.2 Å². The first-order valence-corrected chi connectivity index (χ1v) is 10.1. The number of nitrogens with zero attached hydrogens (tertiary/aromatic N) is 1. The van der Waals surface area contributed by atoms with Crippen molar-refractivity contribution in [3.05, 3.63) is 0 Å². The highest BCUT2D eigenvalue weighted by molar-refractivity contribution is 5.71. The van der Waals surface area contributed by atoms with Crippen LogP contribution in [0.15, 0.2) is 0 Å². The van der Waals surface area contributed by atoms with Crippen LogP contribution in [0, 0.1) is 0 Å². The molecule has 3 nitrogen and oxygen atoms in total. The minimum Gasteiger partial charge on any atom is -0.465 e. The summed E-state index contributed by atoms with van der Waals surface area (Å²) in [5.74, 6) is -0.0724. The molecular weight excluding hydrogens is 286 g/mol. The number of hydrogen-bond acceptors (Lipinski definition) is 3. The van der Waals surface area contributed by atoms with Crippen molar-refractivity contribution in [2.75, 3.05) is 26.2 Å². The van der Waals surface area contributed by atoms with Gasteiger partial charge in [-0.15, -0.1) is 0 Å². The summed E-state index contributed by atoms with van der Waals surface area (Å²) in [5.41, 5.74) is 0. The Hall–Kier alpha value is -0.570. The smallest absolute Gasteiger partial charge is 0.320 e. The lowest BCUT2D eigenvalue weighted by Crippen LogP contribution is -2.30. The molecular formula is C20H41NO2. The molecule has 0 aliphatic rings. The molecule has 0 heterocycles. The van der Waals surface area contributed by atoms with Crippen LogP contribution in [0.25, 0.3) is 0 Å². The van der Waals surface area contributed by atoms with Crippen LogP contribution in [0.1, 0.15) is 97.8 Å². The molecule has 0 fully saturated rings. The van der Waals surface area contributed by atoms with Crippen LogP contribution in [-0.4, -0.2) is 37.1 Å². The Labute approximate surface area is 145 Å². The summed E-state index contributed by atoms with van der Waals surface area (Å²) in [5, 5.41) is 0. The van der Waals surface area contributed by atoms with Crippen LogP contribution in [-0.2, 0) is 9.53 Å². The van der Waals surface area contributed by atoms with E-state index in [0.717, 1.165) is 19.5 Å². The highest BCUT2D eigenvalue weighted by Gasteiger charge is 2.07. The number of ether oxygens (including phenoxy) is 1. The lowest BCUT2D eigenvalue weighted by Gasteiger charge is -2.16. The van der Waals surface area contributed by atoms with Crippen LogP contribution >= 0.6 is 0 Å². The van der Waals surface area contributed by atoms with E-state index in [1.165, 1.54) is 70.6 Å². The Kier molecular flexibility index (Phi) is 17.3. The molecule has 3 heteroatoms. The van der Waals surface area contributed by atoms with Crippen LogP contribution in [0.4, 0.5) is 0 Å². The molecule has 0 aliphatic heterocycles. The van der Waals surface area contributed by atoms with E-state index in [9.17, 15) is 4.79 Å².